The molecule has 0 aromatic carbocycles. The molecule has 0 aliphatic rings. The van der Waals surface area contributed by atoms with E-state index in [-0.39, 0.29) is 18.0 Å². The lowest BCUT2D eigenvalue weighted by Crippen LogP contribution is -2.31. The Labute approximate surface area is 118 Å². The van der Waals surface area contributed by atoms with Crippen LogP contribution in [-0.4, -0.2) is 15.7 Å². The molecule has 5 nitrogen and oxygen atoms in total. The summed E-state index contributed by atoms with van der Waals surface area (Å²) >= 11 is 0. The van der Waals surface area contributed by atoms with Gasteiger partial charge >= 0.3 is 0 Å². The monoisotopic (exact) mass is 275 g/mol. The van der Waals surface area contributed by atoms with Crippen LogP contribution in [-0.2, 0) is 11.3 Å². The fourth-order valence-electron chi connectivity index (χ4n) is 1.94. The summed E-state index contributed by atoms with van der Waals surface area (Å²) in [5.74, 6) is -0.452. The number of carbonyl (C=O) groups excluding carboxylic acids is 1. The second-order valence-electron chi connectivity index (χ2n) is 4.80. The first-order valence-electron chi connectivity index (χ1n) is 6.60. The predicted molar refractivity (Wildman–Crippen MR) is 80.2 cm³/mol. The fraction of sp³-hybridized carbons (Fsp3) is 0.400. The zero-order valence-electron chi connectivity index (χ0n) is 12.4. The topological polar surface area (TPSA) is 78.0 Å². The highest BCUT2D eigenvalue weighted by atomic mass is 16.2. The summed E-state index contributed by atoms with van der Waals surface area (Å²) in [6.07, 6.45) is 5.77. The van der Waals surface area contributed by atoms with Crippen molar-refractivity contribution in [1.29, 1.82) is 0 Å². The van der Waals surface area contributed by atoms with Crippen molar-refractivity contribution in [2.45, 2.75) is 40.2 Å². The molecule has 108 valence electrons. The average Bonchev–Trinajstić information content (AvgIpc) is 2.37. The van der Waals surface area contributed by atoms with Gasteiger partial charge in [-0.1, -0.05) is 32.1 Å². The fourth-order valence-corrected chi connectivity index (χ4v) is 1.94. The van der Waals surface area contributed by atoms with Crippen molar-refractivity contribution in [2.24, 2.45) is 5.73 Å². The molecular weight excluding hydrogens is 254 g/mol. The van der Waals surface area contributed by atoms with E-state index in [1.807, 2.05) is 45.9 Å². The predicted octanol–water partition coefficient (Wildman–Crippen LogP) is 1.83. The van der Waals surface area contributed by atoms with Crippen LogP contribution >= 0.6 is 0 Å². The van der Waals surface area contributed by atoms with Crippen LogP contribution in [0, 0.1) is 0 Å². The van der Waals surface area contributed by atoms with Crippen molar-refractivity contribution >= 4 is 11.5 Å². The number of nitrogens with zero attached hydrogens (tertiary/aromatic N) is 2. The molecule has 0 unspecified atom stereocenters. The number of aromatic nitrogens is 2. The maximum Gasteiger partial charge on any atom is 0.267 e. The van der Waals surface area contributed by atoms with Crippen LogP contribution in [0.5, 0.6) is 0 Å². The molecule has 20 heavy (non-hydrogen) atoms. The second kappa shape index (κ2) is 6.84. The molecule has 0 aliphatic carbocycles. The molecule has 0 saturated carbocycles. The Morgan fingerprint density at radius 2 is 2.10 bits per heavy atom. The molecule has 1 aromatic heterocycles. The van der Waals surface area contributed by atoms with Gasteiger partial charge in [0.25, 0.3) is 5.56 Å². The third-order valence-electron chi connectivity index (χ3n) is 2.85. The lowest BCUT2D eigenvalue weighted by Gasteiger charge is -2.14. The van der Waals surface area contributed by atoms with Gasteiger partial charge in [-0.05, 0) is 25.3 Å². The third-order valence-corrected chi connectivity index (χ3v) is 2.85. The number of rotatable bonds is 5. The number of carbonyl (C=O) groups is 1. The largest absolute Gasteiger partial charge is 0.368 e. The van der Waals surface area contributed by atoms with Crippen molar-refractivity contribution < 1.29 is 4.79 Å². The Hall–Kier alpha value is -2.17. The van der Waals surface area contributed by atoms with Gasteiger partial charge < -0.3 is 5.73 Å². The quantitative estimate of drug-likeness (QED) is 0.833. The summed E-state index contributed by atoms with van der Waals surface area (Å²) in [5, 5.41) is 4.29. The Morgan fingerprint density at radius 3 is 2.55 bits per heavy atom. The summed E-state index contributed by atoms with van der Waals surface area (Å²) in [6, 6.07) is 1.51. The Balaban J connectivity index is 3.50. The molecule has 0 spiro atoms. The van der Waals surface area contributed by atoms with Gasteiger partial charge in [-0.25, -0.2) is 4.68 Å². The van der Waals surface area contributed by atoms with Crippen LogP contribution in [0.15, 0.2) is 29.1 Å². The molecule has 1 aromatic rings. The van der Waals surface area contributed by atoms with Gasteiger partial charge in [-0.15, -0.1) is 0 Å². The molecule has 2 N–H and O–H groups in total. The maximum atomic E-state index is 12.0. The van der Waals surface area contributed by atoms with Crippen molar-refractivity contribution in [2.75, 3.05) is 0 Å². The van der Waals surface area contributed by atoms with E-state index < -0.39 is 5.91 Å². The van der Waals surface area contributed by atoms with E-state index in [0.29, 0.717) is 0 Å². The van der Waals surface area contributed by atoms with Crippen molar-refractivity contribution in [3.63, 3.8) is 0 Å². The van der Waals surface area contributed by atoms with E-state index in [9.17, 15) is 9.59 Å². The molecule has 0 fully saturated rings. The van der Waals surface area contributed by atoms with Gasteiger partial charge in [0.1, 0.15) is 6.54 Å². The first-order chi connectivity index (χ1) is 9.40. The molecule has 5 heteroatoms. The lowest BCUT2D eigenvalue weighted by molar-refractivity contribution is -0.118. The van der Waals surface area contributed by atoms with Crippen LogP contribution in [0.25, 0.3) is 5.57 Å². The molecule has 1 heterocycles. The normalized spacial score (nSPS) is 12.3. The second-order valence-corrected chi connectivity index (χ2v) is 4.80. The highest BCUT2D eigenvalue weighted by Crippen LogP contribution is 2.23. The van der Waals surface area contributed by atoms with E-state index in [4.69, 9.17) is 5.73 Å². The Bertz CT molecular complexity index is 610. The summed E-state index contributed by atoms with van der Waals surface area (Å²) in [6.45, 7) is 7.62. The summed E-state index contributed by atoms with van der Waals surface area (Å²) in [5.41, 5.74) is 7.31. The number of hydrogen-bond acceptors (Lipinski definition) is 3. The number of amides is 1. The Morgan fingerprint density at radius 1 is 1.45 bits per heavy atom. The maximum absolute atomic E-state index is 12.0. The van der Waals surface area contributed by atoms with Crippen LogP contribution in [0.1, 0.15) is 44.9 Å². The molecule has 0 aliphatic heterocycles. The first kappa shape index (κ1) is 15.9. The molecule has 0 saturated heterocycles. The summed E-state index contributed by atoms with van der Waals surface area (Å²) in [4.78, 5) is 23.0. The SMILES string of the molecule is C/C=C\C(=C/C)c1cc(=O)n(CC(N)=O)nc1C(C)C. The van der Waals surface area contributed by atoms with Gasteiger partial charge in [-0.2, -0.15) is 5.10 Å². The van der Waals surface area contributed by atoms with E-state index >= 15 is 0 Å². The minimum Gasteiger partial charge on any atom is -0.368 e. The van der Waals surface area contributed by atoms with Crippen molar-refractivity contribution in [1.82, 2.24) is 9.78 Å². The van der Waals surface area contributed by atoms with Crippen LogP contribution in [0.4, 0.5) is 0 Å². The first-order valence-corrected chi connectivity index (χ1v) is 6.60. The van der Waals surface area contributed by atoms with Gasteiger partial charge in [0.2, 0.25) is 5.91 Å². The Kier molecular flexibility index (Phi) is 5.43. The van der Waals surface area contributed by atoms with Gasteiger partial charge in [-0.3, -0.25) is 9.59 Å². The van der Waals surface area contributed by atoms with Gasteiger partial charge in [0, 0.05) is 11.6 Å². The zero-order chi connectivity index (χ0) is 15.3. The molecular formula is C15H21N3O2. The average molecular weight is 275 g/mol. The van der Waals surface area contributed by atoms with Gasteiger partial charge in [0.15, 0.2) is 0 Å². The lowest BCUT2D eigenvalue weighted by atomic mass is 9.98. The summed E-state index contributed by atoms with van der Waals surface area (Å²) in [7, 11) is 0. The minimum atomic E-state index is -0.582. The highest BCUT2D eigenvalue weighted by molar-refractivity contribution is 5.75. The molecule has 1 amide bonds. The molecule has 0 atom stereocenters. The number of nitrogens with two attached hydrogens (primary N) is 1. The highest BCUT2D eigenvalue weighted by Gasteiger charge is 2.14. The van der Waals surface area contributed by atoms with E-state index in [1.165, 1.54) is 6.07 Å². The number of hydrogen-bond donors (Lipinski definition) is 1. The van der Waals surface area contributed by atoms with E-state index in [0.717, 1.165) is 21.5 Å². The van der Waals surface area contributed by atoms with Crippen molar-refractivity contribution in [3.8, 4) is 0 Å². The molecule has 1 rings (SSSR count). The van der Waals surface area contributed by atoms with Crippen LogP contribution in [0.2, 0.25) is 0 Å². The third kappa shape index (κ3) is 3.66. The van der Waals surface area contributed by atoms with E-state index in [1.54, 1.807) is 0 Å². The van der Waals surface area contributed by atoms with Crippen LogP contribution in [0.3, 0.4) is 0 Å². The number of allylic oxidation sites excluding steroid dienone is 4. The summed E-state index contributed by atoms with van der Waals surface area (Å²) < 4.78 is 1.12. The molecule has 0 bridgehead atoms. The number of primary amides is 1. The smallest absolute Gasteiger partial charge is 0.267 e. The van der Waals surface area contributed by atoms with Crippen molar-refractivity contribution in [3.05, 3.63) is 45.9 Å². The van der Waals surface area contributed by atoms with Crippen LogP contribution < -0.4 is 11.3 Å². The van der Waals surface area contributed by atoms with E-state index in [2.05, 4.69) is 5.10 Å². The minimum absolute atomic E-state index is 0.130. The standard InChI is InChI=1S/C15H21N3O2/c1-5-7-11(6-2)12-8-14(20)18(9-13(16)19)17-15(12)10(3)4/h5-8,10H,9H2,1-4H3,(H2,16,19)/b7-5-,11-6+. The van der Waals surface area contributed by atoms with Gasteiger partial charge in [0.05, 0.1) is 5.69 Å². The molecule has 0 radical (unpaired) electrons. The zero-order valence-corrected chi connectivity index (χ0v) is 12.4.